The summed E-state index contributed by atoms with van der Waals surface area (Å²) in [6.07, 6.45) is 0. The van der Waals surface area contributed by atoms with Crippen LogP contribution in [-0.4, -0.2) is 16.9 Å². The summed E-state index contributed by atoms with van der Waals surface area (Å²) in [4.78, 5) is 24.6. The lowest BCUT2D eigenvalue weighted by Gasteiger charge is -2.10. The van der Waals surface area contributed by atoms with Crippen molar-refractivity contribution in [2.24, 2.45) is 0 Å². The molecule has 0 aliphatic rings. The van der Waals surface area contributed by atoms with Crippen molar-refractivity contribution in [3.63, 3.8) is 0 Å². The number of aryl methyl sites for hydroxylation is 1. The van der Waals surface area contributed by atoms with E-state index in [0.717, 1.165) is 0 Å². The largest absolute Gasteiger partial charge is 0.507 e. The molecule has 0 saturated carbocycles. The topological polar surface area (TPSA) is 78.4 Å². The maximum Gasteiger partial charge on any atom is 0.259 e. The van der Waals surface area contributed by atoms with Gasteiger partial charge in [-0.2, -0.15) is 0 Å². The first-order valence-corrected chi connectivity index (χ1v) is 8.11. The third kappa shape index (κ3) is 3.89. The number of nitrogens with one attached hydrogen (secondary N) is 2. The summed E-state index contributed by atoms with van der Waals surface area (Å²) in [5.41, 5.74) is 2.45. The number of benzene rings is 3. The third-order valence-electron chi connectivity index (χ3n) is 3.90. The van der Waals surface area contributed by atoms with Gasteiger partial charge in [-0.1, -0.05) is 36.4 Å². The molecule has 26 heavy (non-hydrogen) atoms. The molecule has 0 fully saturated rings. The van der Waals surface area contributed by atoms with Crippen molar-refractivity contribution < 1.29 is 14.7 Å². The van der Waals surface area contributed by atoms with Gasteiger partial charge >= 0.3 is 0 Å². The number of hydrogen-bond acceptors (Lipinski definition) is 3. The molecule has 3 aromatic rings. The smallest absolute Gasteiger partial charge is 0.259 e. The van der Waals surface area contributed by atoms with Crippen LogP contribution in [0.25, 0.3) is 0 Å². The molecule has 0 radical (unpaired) electrons. The third-order valence-corrected chi connectivity index (χ3v) is 3.90. The Morgan fingerprint density at radius 2 is 1.38 bits per heavy atom. The van der Waals surface area contributed by atoms with E-state index in [4.69, 9.17) is 0 Å². The molecule has 2 amide bonds. The normalized spacial score (nSPS) is 10.2. The van der Waals surface area contributed by atoms with Gasteiger partial charge in [0.25, 0.3) is 11.8 Å². The standard InChI is InChI=1S/C21H18N2O3/c1-14-7-5-12-18(19(14)24)21(26)23-17-11-6-10-16(13-17)22-20(25)15-8-3-2-4-9-15/h2-13,24H,1H3,(H,22,25)(H,23,26). The molecule has 0 aliphatic carbocycles. The Kier molecular flexibility index (Phi) is 4.99. The average Bonchev–Trinajstić information content (AvgIpc) is 2.65. The maximum atomic E-state index is 12.4. The van der Waals surface area contributed by atoms with E-state index in [1.165, 1.54) is 0 Å². The van der Waals surface area contributed by atoms with Crippen molar-refractivity contribution in [3.05, 3.63) is 89.5 Å². The van der Waals surface area contributed by atoms with Crippen LogP contribution in [0.3, 0.4) is 0 Å². The van der Waals surface area contributed by atoms with E-state index < -0.39 is 5.91 Å². The van der Waals surface area contributed by atoms with Crippen molar-refractivity contribution in [2.45, 2.75) is 6.92 Å². The quantitative estimate of drug-likeness (QED) is 0.662. The zero-order valence-electron chi connectivity index (χ0n) is 14.2. The lowest BCUT2D eigenvalue weighted by molar-refractivity contribution is 0.101. The molecule has 0 saturated heterocycles. The minimum atomic E-state index is -0.419. The Bertz CT molecular complexity index is 952. The van der Waals surface area contributed by atoms with Gasteiger partial charge in [0, 0.05) is 16.9 Å². The predicted octanol–water partition coefficient (Wildman–Crippen LogP) is 4.21. The second-order valence-corrected chi connectivity index (χ2v) is 5.83. The van der Waals surface area contributed by atoms with E-state index in [1.54, 1.807) is 73.7 Å². The number of para-hydroxylation sites is 1. The number of phenolic OH excluding ortho intramolecular Hbond substituents is 1. The highest BCUT2D eigenvalue weighted by Crippen LogP contribution is 2.23. The van der Waals surface area contributed by atoms with E-state index in [9.17, 15) is 14.7 Å². The first-order chi connectivity index (χ1) is 12.5. The van der Waals surface area contributed by atoms with Crippen LogP contribution in [-0.2, 0) is 0 Å². The number of hydrogen-bond donors (Lipinski definition) is 3. The van der Waals surface area contributed by atoms with Crippen LogP contribution in [0.4, 0.5) is 11.4 Å². The molecule has 0 aliphatic heterocycles. The van der Waals surface area contributed by atoms with E-state index >= 15 is 0 Å². The van der Waals surface area contributed by atoms with Crippen LogP contribution in [0, 0.1) is 6.92 Å². The van der Waals surface area contributed by atoms with Crippen LogP contribution >= 0.6 is 0 Å². The lowest BCUT2D eigenvalue weighted by atomic mass is 10.1. The molecule has 0 heterocycles. The van der Waals surface area contributed by atoms with Gasteiger partial charge in [0.2, 0.25) is 0 Å². The van der Waals surface area contributed by atoms with E-state index in [-0.39, 0.29) is 17.2 Å². The molecule has 3 N–H and O–H groups in total. The van der Waals surface area contributed by atoms with Gasteiger partial charge in [-0.25, -0.2) is 0 Å². The zero-order chi connectivity index (χ0) is 18.5. The highest BCUT2D eigenvalue weighted by molar-refractivity contribution is 6.07. The van der Waals surface area contributed by atoms with Gasteiger partial charge in [-0.3, -0.25) is 9.59 Å². The second-order valence-electron chi connectivity index (χ2n) is 5.83. The van der Waals surface area contributed by atoms with Crippen molar-refractivity contribution in [3.8, 4) is 5.75 Å². The van der Waals surface area contributed by atoms with Gasteiger partial charge in [0.1, 0.15) is 5.75 Å². The summed E-state index contributed by atoms with van der Waals surface area (Å²) < 4.78 is 0. The Morgan fingerprint density at radius 3 is 2.08 bits per heavy atom. The Labute approximate surface area is 151 Å². The molecular weight excluding hydrogens is 328 g/mol. The van der Waals surface area contributed by atoms with Crippen LogP contribution in [0.2, 0.25) is 0 Å². The van der Waals surface area contributed by atoms with Crippen LogP contribution in [0.5, 0.6) is 5.75 Å². The van der Waals surface area contributed by atoms with Crippen molar-refractivity contribution in [1.82, 2.24) is 0 Å². The highest BCUT2D eigenvalue weighted by Gasteiger charge is 2.13. The molecule has 0 bridgehead atoms. The summed E-state index contributed by atoms with van der Waals surface area (Å²) in [5.74, 6) is -0.693. The van der Waals surface area contributed by atoms with Crippen LogP contribution in [0.15, 0.2) is 72.8 Å². The molecule has 5 nitrogen and oxygen atoms in total. The van der Waals surface area contributed by atoms with Crippen molar-refractivity contribution in [2.75, 3.05) is 10.6 Å². The minimum absolute atomic E-state index is 0.0430. The fourth-order valence-corrected chi connectivity index (χ4v) is 2.51. The fourth-order valence-electron chi connectivity index (χ4n) is 2.51. The Hall–Kier alpha value is -3.60. The maximum absolute atomic E-state index is 12.4. The number of anilines is 2. The Morgan fingerprint density at radius 1 is 0.769 bits per heavy atom. The van der Waals surface area contributed by atoms with Crippen molar-refractivity contribution in [1.29, 1.82) is 0 Å². The molecule has 5 heteroatoms. The lowest BCUT2D eigenvalue weighted by Crippen LogP contribution is -2.14. The number of carbonyl (C=O) groups is 2. The second kappa shape index (κ2) is 7.53. The summed E-state index contributed by atoms with van der Waals surface area (Å²) >= 11 is 0. The fraction of sp³-hybridized carbons (Fsp3) is 0.0476. The van der Waals surface area contributed by atoms with E-state index in [1.807, 2.05) is 6.07 Å². The summed E-state index contributed by atoms with van der Waals surface area (Å²) in [6, 6.07) is 20.7. The monoisotopic (exact) mass is 346 g/mol. The number of amides is 2. The molecule has 0 unspecified atom stereocenters. The molecule has 3 aromatic carbocycles. The zero-order valence-corrected chi connectivity index (χ0v) is 14.2. The van der Waals surface area contributed by atoms with Crippen molar-refractivity contribution >= 4 is 23.2 Å². The van der Waals surface area contributed by atoms with E-state index in [0.29, 0.717) is 22.5 Å². The number of phenols is 1. The Balaban J connectivity index is 1.74. The van der Waals surface area contributed by atoms with Crippen LogP contribution in [0.1, 0.15) is 26.3 Å². The van der Waals surface area contributed by atoms with Gasteiger partial charge in [0.05, 0.1) is 5.56 Å². The van der Waals surface area contributed by atoms with Gasteiger partial charge < -0.3 is 15.7 Å². The highest BCUT2D eigenvalue weighted by atomic mass is 16.3. The average molecular weight is 346 g/mol. The molecule has 130 valence electrons. The number of aromatic hydroxyl groups is 1. The SMILES string of the molecule is Cc1cccc(C(=O)Nc2cccc(NC(=O)c3ccccc3)c2)c1O. The molecule has 3 rings (SSSR count). The van der Waals surface area contributed by atoms with Gasteiger partial charge in [0.15, 0.2) is 0 Å². The molecular formula is C21H18N2O3. The van der Waals surface area contributed by atoms with Gasteiger partial charge in [-0.05, 0) is 48.9 Å². The van der Waals surface area contributed by atoms with Gasteiger partial charge in [-0.15, -0.1) is 0 Å². The predicted molar refractivity (Wildman–Crippen MR) is 102 cm³/mol. The number of carbonyl (C=O) groups excluding carboxylic acids is 2. The molecule has 0 atom stereocenters. The summed E-state index contributed by atoms with van der Waals surface area (Å²) in [6.45, 7) is 1.73. The van der Waals surface area contributed by atoms with Crippen LogP contribution < -0.4 is 10.6 Å². The first kappa shape index (κ1) is 17.2. The number of rotatable bonds is 4. The minimum Gasteiger partial charge on any atom is -0.507 e. The molecule has 0 aromatic heterocycles. The summed E-state index contributed by atoms with van der Waals surface area (Å²) in [5, 5.41) is 15.5. The molecule has 0 spiro atoms. The van der Waals surface area contributed by atoms with E-state index in [2.05, 4.69) is 10.6 Å². The summed E-state index contributed by atoms with van der Waals surface area (Å²) in [7, 11) is 0. The first-order valence-electron chi connectivity index (χ1n) is 8.11.